The highest BCUT2D eigenvalue weighted by Crippen LogP contribution is 2.13. The van der Waals surface area contributed by atoms with Gasteiger partial charge >= 0.3 is 0 Å². The lowest BCUT2D eigenvalue weighted by Crippen LogP contribution is -2.38. The number of amides is 1. The van der Waals surface area contributed by atoms with Gasteiger partial charge in [0.15, 0.2) is 0 Å². The summed E-state index contributed by atoms with van der Waals surface area (Å²) in [7, 11) is 0. The Hall–Kier alpha value is -0.650. The summed E-state index contributed by atoms with van der Waals surface area (Å²) in [4.78, 5) is 13.9. The lowest BCUT2D eigenvalue weighted by molar-refractivity contribution is -0.126. The van der Waals surface area contributed by atoms with E-state index in [1.165, 1.54) is 0 Å². The molecule has 1 N–H and O–H groups in total. The molecule has 0 aromatic heterocycles. The average Bonchev–Trinajstić information content (AvgIpc) is 2.31. The molecule has 2 heterocycles. The van der Waals surface area contributed by atoms with E-state index in [1.54, 1.807) is 0 Å². The van der Waals surface area contributed by atoms with E-state index >= 15 is 0 Å². The third kappa shape index (κ3) is 4.61. The second kappa shape index (κ2) is 6.93. The van der Waals surface area contributed by atoms with Crippen molar-refractivity contribution in [3.8, 4) is 0 Å². The first-order chi connectivity index (χ1) is 8.34. The molecule has 0 aromatic carbocycles. The topological polar surface area (TPSA) is 50.8 Å². The van der Waals surface area contributed by atoms with Crippen molar-refractivity contribution in [1.82, 2.24) is 10.2 Å². The standard InChI is InChI=1S/C12H22N2O3/c15-12(8-11-9-17-10-11)13-2-1-3-14-4-6-16-7-5-14/h11H,1-10H2,(H,13,15). The van der Waals surface area contributed by atoms with E-state index in [0.29, 0.717) is 12.3 Å². The van der Waals surface area contributed by atoms with Crippen molar-refractivity contribution in [1.29, 1.82) is 0 Å². The van der Waals surface area contributed by atoms with Gasteiger partial charge < -0.3 is 14.8 Å². The smallest absolute Gasteiger partial charge is 0.220 e. The van der Waals surface area contributed by atoms with Crippen LogP contribution in [-0.4, -0.2) is 63.4 Å². The Morgan fingerprint density at radius 2 is 2.00 bits per heavy atom. The average molecular weight is 242 g/mol. The van der Waals surface area contributed by atoms with Gasteiger partial charge in [-0.25, -0.2) is 0 Å². The lowest BCUT2D eigenvalue weighted by Gasteiger charge is -2.27. The molecule has 0 bridgehead atoms. The highest BCUT2D eigenvalue weighted by Gasteiger charge is 2.21. The van der Waals surface area contributed by atoms with Crippen molar-refractivity contribution in [3.05, 3.63) is 0 Å². The second-order valence-electron chi connectivity index (χ2n) is 4.77. The van der Waals surface area contributed by atoms with E-state index in [1.807, 2.05) is 0 Å². The van der Waals surface area contributed by atoms with E-state index in [4.69, 9.17) is 9.47 Å². The van der Waals surface area contributed by atoms with Crippen LogP contribution in [0, 0.1) is 5.92 Å². The number of carbonyl (C=O) groups excluding carboxylic acids is 1. The second-order valence-corrected chi connectivity index (χ2v) is 4.77. The molecule has 2 saturated heterocycles. The summed E-state index contributed by atoms with van der Waals surface area (Å²) >= 11 is 0. The third-order valence-electron chi connectivity index (χ3n) is 3.26. The monoisotopic (exact) mass is 242 g/mol. The summed E-state index contributed by atoms with van der Waals surface area (Å²) in [6.07, 6.45) is 1.64. The van der Waals surface area contributed by atoms with E-state index < -0.39 is 0 Å². The minimum absolute atomic E-state index is 0.167. The Bertz CT molecular complexity index is 238. The molecule has 1 amide bonds. The molecule has 5 heteroatoms. The molecule has 0 unspecified atom stereocenters. The maximum Gasteiger partial charge on any atom is 0.220 e. The van der Waals surface area contributed by atoms with E-state index in [9.17, 15) is 4.79 Å². The molecule has 0 radical (unpaired) electrons. The van der Waals surface area contributed by atoms with E-state index in [0.717, 1.165) is 59.0 Å². The van der Waals surface area contributed by atoms with Gasteiger partial charge in [-0.05, 0) is 13.0 Å². The van der Waals surface area contributed by atoms with Gasteiger partial charge in [0.05, 0.1) is 26.4 Å². The van der Waals surface area contributed by atoms with Crippen LogP contribution in [0.4, 0.5) is 0 Å². The Balaban J connectivity index is 1.45. The molecule has 0 aliphatic carbocycles. The van der Waals surface area contributed by atoms with Gasteiger partial charge in [0.2, 0.25) is 5.91 Å². The van der Waals surface area contributed by atoms with Gasteiger partial charge in [0, 0.05) is 32.0 Å². The predicted octanol–water partition coefficient (Wildman–Crippen LogP) is -0.139. The van der Waals surface area contributed by atoms with E-state index in [2.05, 4.69) is 10.2 Å². The minimum Gasteiger partial charge on any atom is -0.381 e. The van der Waals surface area contributed by atoms with Gasteiger partial charge in [-0.3, -0.25) is 9.69 Å². The van der Waals surface area contributed by atoms with Crippen molar-refractivity contribution in [3.63, 3.8) is 0 Å². The molecule has 0 saturated carbocycles. The molecule has 2 fully saturated rings. The van der Waals surface area contributed by atoms with Crippen molar-refractivity contribution >= 4 is 5.91 Å². The predicted molar refractivity (Wildman–Crippen MR) is 63.8 cm³/mol. The minimum atomic E-state index is 0.167. The first-order valence-electron chi connectivity index (χ1n) is 6.49. The normalized spacial score (nSPS) is 22.1. The molecule has 0 aromatic rings. The molecule has 2 aliphatic rings. The molecular weight excluding hydrogens is 220 g/mol. The fourth-order valence-corrected chi connectivity index (χ4v) is 2.09. The van der Waals surface area contributed by atoms with Gasteiger partial charge in [-0.1, -0.05) is 0 Å². The van der Waals surface area contributed by atoms with Gasteiger partial charge in [-0.2, -0.15) is 0 Å². The van der Waals surface area contributed by atoms with Crippen LogP contribution in [0.3, 0.4) is 0 Å². The SMILES string of the molecule is O=C(CC1COC1)NCCCN1CCOCC1. The van der Waals surface area contributed by atoms with Crippen LogP contribution >= 0.6 is 0 Å². The zero-order valence-electron chi connectivity index (χ0n) is 10.3. The molecule has 0 atom stereocenters. The van der Waals surface area contributed by atoms with Crippen LogP contribution in [0.5, 0.6) is 0 Å². The van der Waals surface area contributed by atoms with Crippen LogP contribution in [0.1, 0.15) is 12.8 Å². The van der Waals surface area contributed by atoms with Crippen molar-refractivity contribution in [2.45, 2.75) is 12.8 Å². The number of nitrogens with zero attached hydrogens (tertiary/aromatic N) is 1. The van der Waals surface area contributed by atoms with Crippen molar-refractivity contribution < 1.29 is 14.3 Å². The molecule has 5 nitrogen and oxygen atoms in total. The molecule has 98 valence electrons. The quantitative estimate of drug-likeness (QED) is 0.659. The highest BCUT2D eigenvalue weighted by atomic mass is 16.5. The lowest BCUT2D eigenvalue weighted by atomic mass is 10.0. The molecule has 2 rings (SSSR count). The maximum atomic E-state index is 11.5. The summed E-state index contributed by atoms with van der Waals surface area (Å²) in [6, 6.07) is 0. The van der Waals surface area contributed by atoms with Gasteiger partial charge in [-0.15, -0.1) is 0 Å². The largest absolute Gasteiger partial charge is 0.381 e. The number of nitrogens with one attached hydrogen (secondary N) is 1. The summed E-state index contributed by atoms with van der Waals surface area (Å²) in [5.41, 5.74) is 0. The third-order valence-corrected chi connectivity index (χ3v) is 3.26. The molecule has 2 aliphatic heterocycles. The first kappa shape index (κ1) is 12.8. The summed E-state index contributed by atoms with van der Waals surface area (Å²) in [5, 5.41) is 2.97. The molecule has 17 heavy (non-hydrogen) atoms. The number of carbonyl (C=O) groups is 1. The first-order valence-corrected chi connectivity index (χ1v) is 6.49. The zero-order valence-corrected chi connectivity index (χ0v) is 10.3. The van der Waals surface area contributed by atoms with Crippen LogP contribution in [-0.2, 0) is 14.3 Å². The molecule has 0 spiro atoms. The Kier molecular flexibility index (Phi) is 5.22. The van der Waals surface area contributed by atoms with Crippen molar-refractivity contribution in [2.24, 2.45) is 5.92 Å². The summed E-state index contributed by atoms with van der Waals surface area (Å²) in [5.74, 6) is 0.620. The van der Waals surface area contributed by atoms with Crippen LogP contribution in [0.25, 0.3) is 0 Å². The van der Waals surface area contributed by atoms with Gasteiger partial charge in [0.25, 0.3) is 0 Å². The Labute approximate surface area is 102 Å². The van der Waals surface area contributed by atoms with Crippen LogP contribution in [0.15, 0.2) is 0 Å². The molecular formula is C12H22N2O3. The number of morpholine rings is 1. The Morgan fingerprint density at radius 3 is 2.65 bits per heavy atom. The summed E-state index contributed by atoms with van der Waals surface area (Å²) in [6.45, 7) is 7.06. The fraction of sp³-hybridized carbons (Fsp3) is 0.917. The van der Waals surface area contributed by atoms with E-state index in [-0.39, 0.29) is 5.91 Å². The van der Waals surface area contributed by atoms with Gasteiger partial charge in [0.1, 0.15) is 0 Å². The number of hydrogen-bond donors (Lipinski definition) is 1. The Morgan fingerprint density at radius 1 is 1.24 bits per heavy atom. The number of ether oxygens (including phenoxy) is 2. The van der Waals surface area contributed by atoms with Crippen molar-refractivity contribution in [2.75, 3.05) is 52.6 Å². The summed E-state index contributed by atoms with van der Waals surface area (Å²) < 4.78 is 10.3. The maximum absolute atomic E-state index is 11.5. The zero-order chi connectivity index (χ0) is 11.9. The van der Waals surface area contributed by atoms with Crippen LogP contribution < -0.4 is 5.32 Å². The number of hydrogen-bond acceptors (Lipinski definition) is 4. The highest BCUT2D eigenvalue weighted by molar-refractivity contribution is 5.76. The number of rotatable bonds is 6. The fourth-order valence-electron chi connectivity index (χ4n) is 2.09. The van der Waals surface area contributed by atoms with Crippen LogP contribution in [0.2, 0.25) is 0 Å².